The second kappa shape index (κ2) is 11.0. The Morgan fingerprint density at radius 3 is 2.24 bits per heavy atom. The van der Waals surface area contributed by atoms with E-state index in [2.05, 4.69) is 5.32 Å². The summed E-state index contributed by atoms with van der Waals surface area (Å²) in [5.41, 5.74) is 1.63. The number of sulfonamides is 1. The van der Waals surface area contributed by atoms with Crippen molar-refractivity contribution in [2.24, 2.45) is 0 Å². The lowest BCUT2D eigenvalue weighted by Crippen LogP contribution is -2.40. The third-order valence-electron chi connectivity index (χ3n) is 5.16. The normalized spacial score (nSPS) is 11.3. The monoisotopic (exact) mass is 484 g/mol. The molecule has 1 amide bonds. The van der Waals surface area contributed by atoms with Gasteiger partial charge in [-0.25, -0.2) is 12.8 Å². The van der Waals surface area contributed by atoms with Gasteiger partial charge in [0.1, 0.15) is 11.6 Å². The van der Waals surface area contributed by atoms with Crippen LogP contribution in [0.3, 0.4) is 0 Å². The molecular formula is C25H25FN2O5S. The SMILES string of the molecule is COc1ccccc1CNC(=O)CN(Cc1ccc(F)cc1)S(=O)(=O)c1ccc(C(C)=O)cc1. The molecule has 0 aliphatic rings. The first-order valence-electron chi connectivity index (χ1n) is 10.4. The van der Waals surface area contributed by atoms with Gasteiger partial charge in [-0.2, -0.15) is 4.31 Å². The van der Waals surface area contributed by atoms with Gasteiger partial charge < -0.3 is 10.1 Å². The maximum atomic E-state index is 13.4. The Kier molecular flexibility index (Phi) is 8.14. The van der Waals surface area contributed by atoms with Crippen molar-refractivity contribution in [1.82, 2.24) is 9.62 Å². The number of Topliss-reactive ketones (excluding diaryl/α,β-unsaturated/α-hetero) is 1. The number of benzene rings is 3. The molecule has 0 aliphatic heterocycles. The number of halogens is 1. The van der Waals surface area contributed by atoms with Crippen LogP contribution in [-0.4, -0.2) is 38.1 Å². The minimum atomic E-state index is -4.10. The van der Waals surface area contributed by atoms with Gasteiger partial charge in [-0.3, -0.25) is 9.59 Å². The number of nitrogens with zero attached hydrogens (tertiary/aromatic N) is 1. The van der Waals surface area contributed by atoms with Crippen LogP contribution in [0.15, 0.2) is 77.7 Å². The van der Waals surface area contributed by atoms with E-state index in [1.807, 2.05) is 0 Å². The highest BCUT2D eigenvalue weighted by atomic mass is 32.2. The summed E-state index contributed by atoms with van der Waals surface area (Å²) in [5, 5.41) is 2.72. The van der Waals surface area contributed by atoms with E-state index < -0.39 is 28.3 Å². The van der Waals surface area contributed by atoms with Gasteiger partial charge in [0.2, 0.25) is 15.9 Å². The first-order chi connectivity index (χ1) is 16.2. The Labute approximate surface area is 198 Å². The van der Waals surface area contributed by atoms with E-state index in [1.165, 1.54) is 62.6 Å². The van der Waals surface area contributed by atoms with Crippen molar-refractivity contribution >= 4 is 21.7 Å². The zero-order valence-electron chi connectivity index (χ0n) is 18.8. The quantitative estimate of drug-likeness (QED) is 0.445. The van der Waals surface area contributed by atoms with Crippen molar-refractivity contribution in [2.45, 2.75) is 24.9 Å². The molecule has 3 aromatic rings. The highest BCUT2D eigenvalue weighted by molar-refractivity contribution is 7.89. The van der Waals surface area contributed by atoms with E-state index in [0.29, 0.717) is 16.9 Å². The second-order valence-electron chi connectivity index (χ2n) is 7.57. The average molecular weight is 485 g/mol. The smallest absolute Gasteiger partial charge is 0.243 e. The molecule has 34 heavy (non-hydrogen) atoms. The fraction of sp³-hybridized carbons (Fsp3) is 0.200. The van der Waals surface area contributed by atoms with Gasteiger partial charge in [-0.15, -0.1) is 0 Å². The maximum Gasteiger partial charge on any atom is 0.243 e. The van der Waals surface area contributed by atoms with Crippen LogP contribution in [0.1, 0.15) is 28.4 Å². The number of para-hydroxylation sites is 1. The molecule has 7 nitrogen and oxygen atoms in total. The average Bonchev–Trinajstić information content (AvgIpc) is 2.83. The van der Waals surface area contributed by atoms with Crippen LogP contribution in [0.25, 0.3) is 0 Å². The summed E-state index contributed by atoms with van der Waals surface area (Å²) < 4.78 is 46.3. The third kappa shape index (κ3) is 6.27. The van der Waals surface area contributed by atoms with Gasteiger partial charge in [0.25, 0.3) is 0 Å². The largest absolute Gasteiger partial charge is 0.496 e. The van der Waals surface area contributed by atoms with Crippen LogP contribution >= 0.6 is 0 Å². The van der Waals surface area contributed by atoms with E-state index in [9.17, 15) is 22.4 Å². The highest BCUT2D eigenvalue weighted by Gasteiger charge is 2.27. The number of amides is 1. The van der Waals surface area contributed by atoms with E-state index in [4.69, 9.17) is 4.74 Å². The number of ether oxygens (including phenoxy) is 1. The number of carbonyl (C=O) groups excluding carboxylic acids is 2. The van der Waals surface area contributed by atoms with Crippen molar-refractivity contribution in [2.75, 3.05) is 13.7 Å². The minimum absolute atomic E-state index is 0.0582. The molecule has 0 aliphatic carbocycles. The zero-order chi connectivity index (χ0) is 24.7. The van der Waals surface area contributed by atoms with Crippen molar-refractivity contribution in [3.05, 3.63) is 95.3 Å². The Morgan fingerprint density at radius 2 is 1.62 bits per heavy atom. The van der Waals surface area contributed by atoms with Gasteiger partial charge in [-0.1, -0.05) is 42.5 Å². The molecule has 9 heteroatoms. The summed E-state index contributed by atoms with van der Waals surface area (Å²) in [6.07, 6.45) is 0. The molecule has 0 aromatic heterocycles. The molecular weight excluding hydrogens is 459 g/mol. The molecule has 0 atom stereocenters. The van der Waals surface area contributed by atoms with Gasteiger partial charge in [-0.05, 0) is 42.8 Å². The number of ketones is 1. The summed E-state index contributed by atoms with van der Waals surface area (Å²) in [6, 6.07) is 18.0. The van der Waals surface area contributed by atoms with Crippen molar-refractivity contribution in [3.63, 3.8) is 0 Å². The van der Waals surface area contributed by atoms with Crippen molar-refractivity contribution in [1.29, 1.82) is 0 Å². The summed E-state index contributed by atoms with van der Waals surface area (Å²) in [5.74, 6) is -0.559. The molecule has 1 N–H and O–H groups in total. The number of hydrogen-bond acceptors (Lipinski definition) is 5. The Morgan fingerprint density at radius 1 is 0.971 bits per heavy atom. The van der Waals surface area contributed by atoms with Gasteiger partial charge in [0.15, 0.2) is 5.78 Å². The fourth-order valence-corrected chi connectivity index (χ4v) is 4.67. The van der Waals surface area contributed by atoms with Crippen molar-refractivity contribution < 1.29 is 27.1 Å². The maximum absolute atomic E-state index is 13.4. The predicted molar refractivity (Wildman–Crippen MR) is 125 cm³/mol. The van der Waals surface area contributed by atoms with Crippen LogP contribution in [0.4, 0.5) is 4.39 Å². The van der Waals surface area contributed by atoms with E-state index in [0.717, 1.165) is 9.87 Å². The molecule has 0 radical (unpaired) electrons. The summed E-state index contributed by atoms with van der Waals surface area (Å²) in [7, 11) is -2.58. The molecule has 0 spiro atoms. The van der Waals surface area contributed by atoms with Crippen LogP contribution in [0, 0.1) is 5.82 Å². The lowest BCUT2D eigenvalue weighted by atomic mass is 10.2. The van der Waals surface area contributed by atoms with Gasteiger partial charge in [0, 0.05) is 24.2 Å². The Balaban J connectivity index is 1.83. The van der Waals surface area contributed by atoms with Gasteiger partial charge >= 0.3 is 0 Å². The molecule has 0 bridgehead atoms. The number of nitrogens with one attached hydrogen (secondary N) is 1. The van der Waals surface area contributed by atoms with E-state index >= 15 is 0 Å². The molecule has 178 valence electrons. The predicted octanol–water partition coefficient (Wildman–Crippen LogP) is 3.54. The molecule has 3 rings (SSSR count). The zero-order valence-corrected chi connectivity index (χ0v) is 19.6. The first kappa shape index (κ1) is 25.1. The number of rotatable bonds is 10. The lowest BCUT2D eigenvalue weighted by molar-refractivity contribution is -0.121. The Hall–Kier alpha value is -3.56. The molecule has 3 aromatic carbocycles. The summed E-state index contributed by atoms with van der Waals surface area (Å²) in [4.78, 5) is 24.2. The minimum Gasteiger partial charge on any atom is -0.496 e. The molecule has 0 fully saturated rings. The lowest BCUT2D eigenvalue weighted by Gasteiger charge is -2.22. The Bertz CT molecular complexity index is 1260. The van der Waals surface area contributed by atoms with Crippen LogP contribution in [0.5, 0.6) is 5.75 Å². The summed E-state index contributed by atoms with van der Waals surface area (Å²) in [6.45, 7) is 0.944. The number of methoxy groups -OCH3 is 1. The van der Waals surface area contributed by atoms with Crippen LogP contribution < -0.4 is 10.1 Å². The van der Waals surface area contributed by atoms with Crippen LogP contribution in [-0.2, 0) is 27.9 Å². The highest BCUT2D eigenvalue weighted by Crippen LogP contribution is 2.20. The topological polar surface area (TPSA) is 92.8 Å². The van der Waals surface area contributed by atoms with Gasteiger partial charge in [0.05, 0.1) is 18.6 Å². The molecule has 0 unspecified atom stereocenters. The number of carbonyl (C=O) groups is 2. The van der Waals surface area contributed by atoms with E-state index in [-0.39, 0.29) is 23.8 Å². The van der Waals surface area contributed by atoms with Crippen molar-refractivity contribution in [3.8, 4) is 5.75 Å². The first-order valence-corrected chi connectivity index (χ1v) is 11.9. The van der Waals surface area contributed by atoms with Crippen LogP contribution in [0.2, 0.25) is 0 Å². The fourth-order valence-electron chi connectivity index (χ4n) is 3.29. The molecule has 0 heterocycles. The molecule has 0 saturated heterocycles. The second-order valence-corrected chi connectivity index (χ2v) is 9.51. The van der Waals surface area contributed by atoms with E-state index in [1.54, 1.807) is 24.3 Å². The number of hydrogen-bond donors (Lipinski definition) is 1. The molecule has 0 saturated carbocycles. The standard InChI is InChI=1S/C25H25FN2O5S/c1-18(29)20-9-13-23(14-10-20)34(31,32)28(16-19-7-11-22(26)12-8-19)17-25(30)27-15-21-5-3-4-6-24(21)33-2/h3-14H,15-17H2,1-2H3,(H,27,30). The third-order valence-corrected chi connectivity index (χ3v) is 6.97. The summed E-state index contributed by atoms with van der Waals surface area (Å²) >= 11 is 0.